The van der Waals surface area contributed by atoms with Gasteiger partial charge >= 0.3 is 0 Å². The molecule has 5 heteroatoms. The minimum atomic E-state index is -0.436. The van der Waals surface area contributed by atoms with Crippen molar-refractivity contribution in [1.29, 1.82) is 0 Å². The maximum Gasteiger partial charge on any atom is 0.259 e. The highest BCUT2D eigenvalue weighted by molar-refractivity contribution is 5.99. The van der Waals surface area contributed by atoms with E-state index < -0.39 is 5.91 Å². The van der Waals surface area contributed by atoms with Gasteiger partial charge in [0, 0.05) is 12.6 Å². The summed E-state index contributed by atoms with van der Waals surface area (Å²) in [4.78, 5) is 11.9. The molecule has 1 fully saturated rings. The molecule has 0 saturated carbocycles. The summed E-state index contributed by atoms with van der Waals surface area (Å²) in [6.07, 6.45) is 1.92. The molecule has 4 N–H and O–H groups in total. The fourth-order valence-electron chi connectivity index (χ4n) is 1.99. The molecule has 1 saturated heterocycles. The van der Waals surface area contributed by atoms with E-state index >= 15 is 0 Å². The highest BCUT2D eigenvalue weighted by Gasteiger charge is 2.20. The normalized spacial score (nSPS) is 19.9. The predicted molar refractivity (Wildman–Crippen MR) is 63.1 cm³/mol. The molecule has 92 valence electrons. The predicted octanol–water partition coefficient (Wildman–Crippen LogP) is 0.580. The van der Waals surface area contributed by atoms with Crippen molar-refractivity contribution in [2.75, 3.05) is 13.1 Å². The number of aromatic hydroxyl groups is 2. The number of carbonyl (C=O) groups is 1. The SMILES string of the molecule is O=C(N[C@@H]1CCCNC1)c1c(O)cccc1O. The number of carbonyl (C=O) groups excluding carboxylic acids is 1. The van der Waals surface area contributed by atoms with Gasteiger partial charge in [-0.15, -0.1) is 0 Å². The van der Waals surface area contributed by atoms with Crippen LogP contribution in [-0.4, -0.2) is 35.3 Å². The number of phenolic OH excluding ortho intramolecular Hbond substituents is 2. The highest BCUT2D eigenvalue weighted by atomic mass is 16.3. The Morgan fingerprint density at radius 2 is 2.06 bits per heavy atom. The van der Waals surface area contributed by atoms with Gasteiger partial charge in [0.25, 0.3) is 5.91 Å². The molecule has 1 atom stereocenters. The third-order valence-corrected chi connectivity index (χ3v) is 2.88. The summed E-state index contributed by atoms with van der Waals surface area (Å²) in [7, 11) is 0. The van der Waals surface area contributed by atoms with Crippen LogP contribution in [0.3, 0.4) is 0 Å². The minimum absolute atomic E-state index is 0.0512. The summed E-state index contributed by atoms with van der Waals surface area (Å²) < 4.78 is 0. The van der Waals surface area contributed by atoms with Crippen LogP contribution in [0.4, 0.5) is 0 Å². The van der Waals surface area contributed by atoms with E-state index in [1.807, 2.05) is 0 Å². The second-order valence-corrected chi connectivity index (χ2v) is 4.19. The molecule has 1 aliphatic heterocycles. The topological polar surface area (TPSA) is 81.6 Å². The number of nitrogens with one attached hydrogen (secondary N) is 2. The van der Waals surface area contributed by atoms with E-state index in [1.165, 1.54) is 18.2 Å². The highest BCUT2D eigenvalue weighted by Crippen LogP contribution is 2.26. The first-order chi connectivity index (χ1) is 8.18. The Balaban J connectivity index is 2.08. The third kappa shape index (κ3) is 2.68. The lowest BCUT2D eigenvalue weighted by Crippen LogP contribution is -2.45. The third-order valence-electron chi connectivity index (χ3n) is 2.88. The molecule has 0 bridgehead atoms. The number of phenols is 2. The molecule has 0 radical (unpaired) electrons. The van der Waals surface area contributed by atoms with Crippen molar-refractivity contribution in [3.63, 3.8) is 0 Å². The quantitative estimate of drug-likeness (QED) is 0.605. The minimum Gasteiger partial charge on any atom is -0.507 e. The lowest BCUT2D eigenvalue weighted by Gasteiger charge is -2.24. The van der Waals surface area contributed by atoms with E-state index in [9.17, 15) is 15.0 Å². The first kappa shape index (κ1) is 11.7. The van der Waals surface area contributed by atoms with Crippen molar-refractivity contribution in [3.8, 4) is 11.5 Å². The summed E-state index contributed by atoms with van der Waals surface area (Å²) in [5.74, 6) is -0.841. The largest absolute Gasteiger partial charge is 0.507 e. The van der Waals surface area contributed by atoms with E-state index in [0.29, 0.717) is 0 Å². The van der Waals surface area contributed by atoms with Crippen LogP contribution in [-0.2, 0) is 0 Å². The molecule has 1 aromatic rings. The van der Waals surface area contributed by atoms with Crippen molar-refractivity contribution in [1.82, 2.24) is 10.6 Å². The zero-order valence-corrected chi connectivity index (χ0v) is 9.44. The van der Waals surface area contributed by atoms with E-state index in [-0.39, 0.29) is 23.1 Å². The van der Waals surface area contributed by atoms with E-state index in [2.05, 4.69) is 10.6 Å². The second-order valence-electron chi connectivity index (χ2n) is 4.19. The summed E-state index contributed by atoms with van der Waals surface area (Å²) in [5.41, 5.74) is -0.0573. The molecule has 0 aromatic heterocycles. The van der Waals surface area contributed by atoms with Crippen LogP contribution >= 0.6 is 0 Å². The van der Waals surface area contributed by atoms with Crippen LogP contribution in [0.15, 0.2) is 18.2 Å². The molecule has 1 aliphatic rings. The van der Waals surface area contributed by atoms with E-state index in [1.54, 1.807) is 0 Å². The fourth-order valence-corrected chi connectivity index (χ4v) is 1.99. The number of amides is 1. The van der Waals surface area contributed by atoms with Crippen molar-refractivity contribution in [2.45, 2.75) is 18.9 Å². The standard InChI is InChI=1S/C12H16N2O3/c15-9-4-1-5-10(16)11(9)12(17)14-8-3-2-6-13-7-8/h1,4-5,8,13,15-16H,2-3,6-7H2,(H,14,17)/t8-/m1/s1. The molecule has 0 aliphatic carbocycles. The molecule has 5 nitrogen and oxygen atoms in total. The van der Waals surface area contributed by atoms with Crippen LogP contribution in [0.2, 0.25) is 0 Å². The van der Waals surface area contributed by atoms with Gasteiger partial charge in [-0.1, -0.05) is 6.07 Å². The Labute approximate surface area is 99.5 Å². The van der Waals surface area contributed by atoms with E-state index in [0.717, 1.165) is 25.9 Å². The summed E-state index contributed by atoms with van der Waals surface area (Å²) in [6, 6.07) is 4.31. The molecular formula is C12H16N2O3. The second kappa shape index (κ2) is 5.05. The van der Waals surface area contributed by atoms with Gasteiger partial charge in [-0.05, 0) is 31.5 Å². The Hall–Kier alpha value is -1.75. The number of benzene rings is 1. The van der Waals surface area contributed by atoms with Crippen molar-refractivity contribution in [3.05, 3.63) is 23.8 Å². The van der Waals surface area contributed by atoms with Gasteiger partial charge in [0.1, 0.15) is 17.1 Å². The van der Waals surface area contributed by atoms with Gasteiger partial charge in [0.05, 0.1) is 0 Å². The smallest absolute Gasteiger partial charge is 0.259 e. The maximum atomic E-state index is 11.9. The zero-order valence-electron chi connectivity index (χ0n) is 9.44. The van der Waals surface area contributed by atoms with Gasteiger partial charge < -0.3 is 20.8 Å². The molecule has 17 heavy (non-hydrogen) atoms. The monoisotopic (exact) mass is 236 g/mol. The van der Waals surface area contributed by atoms with Crippen LogP contribution in [0.5, 0.6) is 11.5 Å². The van der Waals surface area contributed by atoms with Crippen LogP contribution in [0.1, 0.15) is 23.2 Å². The first-order valence-corrected chi connectivity index (χ1v) is 5.71. The van der Waals surface area contributed by atoms with Crippen LogP contribution in [0, 0.1) is 0 Å². The van der Waals surface area contributed by atoms with Crippen LogP contribution in [0.25, 0.3) is 0 Å². The number of rotatable bonds is 2. The van der Waals surface area contributed by atoms with Gasteiger partial charge in [-0.25, -0.2) is 0 Å². The van der Waals surface area contributed by atoms with Gasteiger partial charge in [0.2, 0.25) is 0 Å². The van der Waals surface area contributed by atoms with Gasteiger partial charge in [-0.3, -0.25) is 4.79 Å². The average Bonchev–Trinajstić information content (AvgIpc) is 2.30. The molecule has 1 amide bonds. The molecule has 1 aromatic carbocycles. The zero-order chi connectivity index (χ0) is 12.3. The van der Waals surface area contributed by atoms with Crippen LogP contribution < -0.4 is 10.6 Å². The molecule has 2 rings (SSSR count). The van der Waals surface area contributed by atoms with E-state index in [4.69, 9.17) is 0 Å². The number of hydrogen-bond acceptors (Lipinski definition) is 4. The lowest BCUT2D eigenvalue weighted by molar-refractivity contribution is 0.0925. The van der Waals surface area contributed by atoms with Crippen molar-refractivity contribution < 1.29 is 15.0 Å². The van der Waals surface area contributed by atoms with Gasteiger partial charge in [-0.2, -0.15) is 0 Å². The number of piperidine rings is 1. The fraction of sp³-hybridized carbons (Fsp3) is 0.417. The Bertz CT molecular complexity index is 394. The molecule has 1 heterocycles. The molecule has 0 unspecified atom stereocenters. The first-order valence-electron chi connectivity index (χ1n) is 5.71. The Kier molecular flexibility index (Phi) is 3.49. The lowest BCUT2D eigenvalue weighted by atomic mass is 10.1. The Morgan fingerprint density at radius 3 is 2.65 bits per heavy atom. The van der Waals surface area contributed by atoms with Crippen molar-refractivity contribution in [2.24, 2.45) is 0 Å². The number of hydrogen-bond donors (Lipinski definition) is 4. The van der Waals surface area contributed by atoms with Gasteiger partial charge in [0.15, 0.2) is 0 Å². The Morgan fingerprint density at radius 1 is 1.35 bits per heavy atom. The maximum absolute atomic E-state index is 11.9. The average molecular weight is 236 g/mol. The summed E-state index contributed by atoms with van der Waals surface area (Å²) >= 11 is 0. The molecule has 0 spiro atoms. The summed E-state index contributed by atoms with van der Waals surface area (Å²) in [5, 5.41) is 25.1. The van der Waals surface area contributed by atoms with Crippen molar-refractivity contribution >= 4 is 5.91 Å². The molecular weight excluding hydrogens is 220 g/mol. The summed E-state index contributed by atoms with van der Waals surface area (Å²) in [6.45, 7) is 1.69.